The van der Waals surface area contributed by atoms with Crippen LogP contribution in [0.5, 0.6) is 0 Å². The number of aromatic amines is 1. The number of hydrogen-bond acceptors (Lipinski definition) is 0. The maximum atomic E-state index is 12.8. The summed E-state index contributed by atoms with van der Waals surface area (Å²) >= 11 is 11.8. The summed E-state index contributed by atoms with van der Waals surface area (Å²) < 4.78 is 25.6. The Bertz CT molecular complexity index is 495. The van der Waals surface area contributed by atoms with E-state index < -0.39 is 6.43 Å². The highest BCUT2D eigenvalue weighted by molar-refractivity contribution is 6.43. The first-order valence-electron chi connectivity index (χ1n) is 4.51. The minimum absolute atomic E-state index is 0.128. The molecule has 1 heterocycles. The summed E-state index contributed by atoms with van der Waals surface area (Å²) in [6.45, 7) is 0. The molecule has 0 saturated heterocycles. The number of rotatable bonds is 2. The van der Waals surface area contributed by atoms with Gasteiger partial charge in [0.2, 0.25) is 0 Å². The van der Waals surface area contributed by atoms with E-state index in [0.29, 0.717) is 5.69 Å². The van der Waals surface area contributed by atoms with Gasteiger partial charge >= 0.3 is 0 Å². The summed E-state index contributed by atoms with van der Waals surface area (Å²) in [5.74, 6) is 0. The van der Waals surface area contributed by atoms with Gasteiger partial charge in [0.05, 0.1) is 10.0 Å². The van der Waals surface area contributed by atoms with Crippen LogP contribution in [0.3, 0.4) is 0 Å². The highest BCUT2D eigenvalue weighted by Gasteiger charge is 2.19. The molecular formula is C11H7Cl2F2N. The van der Waals surface area contributed by atoms with E-state index >= 15 is 0 Å². The van der Waals surface area contributed by atoms with E-state index in [1.165, 1.54) is 12.1 Å². The van der Waals surface area contributed by atoms with E-state index in [1.807, 2.05) is 0 Å². The first-order chi connectivity index (χ1) is 7.61. The van der Waals surface area contributed by atoms with Crippen molar-refractivity contribution >= 4 is 23.2 Å². The molecule has 16 heavy (non-hydrogen) atoms. The van der Waals surface area contributed by atoms with E-state index in [0.717, 1.165) is 0 Å². The second-order valence-electron chi connectivity index (χ2n) is 3.21. The molecule has 0 aliphatic rings. The zero-order valence-corrected chi connectivity index (χ0v) is 9.49. The predicted molar refractivity (Wildman–Crippen MR) is 61.2 cm³/mol. The monoisotopic (exact) mass is 261 g/mol. The minimum Gasteiger partial charge on any atom is -0.361 e. The molecule has 1 nitrogen and oxygen atoms in total. The molecule has 0 spiro atoms. The Kier molecular flexibility index (Phi) is 3.17. The van der Waals surface area contributed by atoms with Crippen LogP contribution in [-0.2, 0) is 0 Å². The molecule has 0 radical (unpaired) electrons. The first kappa shape index (κ1) is 11.4. The topological polar surface area (TPSA) is 15.8 Å². The second kappa shape index (κ2) is 4.44. The Morgan fingerprint density at radius 2 is 1.88 bits per heavy atom. The summed E-state index contributed by atoms with van der Waals surface area (Å²) in [7, 11) is 0. The molecule has 1 N–H and O–H groups in total. The van der Waals surface area contributed by atoms with Crippen molar-refractivity contribution < 1.29 is 8.78 Å². The van der Waals surface area contributed by atoms with Gasteiger partial charge in [0.15, 0.2) is 0 Å². The highest BCUT2D eigenvalue weighted by atomic mass is 35.5. The summed E-state index contributed by atoms with van der Waals surface area (Å²) in [6.07, 6.45) is -0.949. The van der Waals surface area contributed by atoms with Crippen molar-refractivity contribution in [2.75, 3.05) is 0 Å². The molecule has 5 heteroatoms. The third kappa shape index (κ3) is 1.93. The molecule has 1 aromatic heterocycles. The molecule has 0 saturated carbocycles. The SMILES string of the molecule is FC(F)c1ccc(Cl)c(Cl)c1-c1ccc[nH]1. The van der Waals surface area contributed by atoms with Gasteiger partial charge in [-0.05, 0) is 18.2 Å². The fraction of sp³-hybridized carbons (Fsp3) is 0.0909. The van der Waals surface area contributed by atoms with Gasteiger partial charge in [0.1, 0.15) is 0 Å². The van der Waals surface area contributed by atoms with Crippen LogP contribution < -0.4 is 0 Å². The van der Waals surface area contributed by atoms with Crippen LogP contribution in [0, 0.1) is 0 Å². The van der Waals surface area contributed by atoms with Crippen LogP contribution in [0.25, 0.3) is 11.3 Å². The summed E-state index contributed by atoms with van der Waals surface area (Å²) in [5, 5.41) is 0.401. The van der Waals surface area contributed by atoms with Gasteiger partial charge in [-0.1, -0.05) is 29.3 Å². The van der Waals surface area contributed by atoms with Crippen LogP contribution in [0.1, 0.15) is 12.0 Å². The van der Waals surface area contributed by atoms with E-state index in [1.54, 1.807) is 18.3 Å². The number of nitrogens with one attached hydrogen (secondary N) is 1. The number of alkyl halides is 2. The molecule has 0 atom stereocenters. The lowest BCUT2D eigenvalue weighted by Crippen LogP contribution is -1.92. The highest BCUT2D eigenvalue weighted by Crippen LogP contribution is 2.39. The van der Waals surface area contributed by atoms with Crippen LogP contribution in [-0.4, -0.2) is 4.98 Å². The Hall–Kier alpha value is -1.06. The lowest BCUT2D eigenvalue weighted by Gasteiger charge is -2.10. The fourth-order valence-corrected chi connectivity index (χ4v) is 1.94. The molecule has 0 bridgehead atoms. The smallest absolute Gasteiger partial charge is 0.264 e. The quantitative estimate of drug-likeness (QED) is 0.790. The average Bonchev–Trinajstić information content (AvgIpc) is 2.74. The van der Waals surface area contributed by atoms with Gasteiger partial charge in [-0.3, -0.25) is 0 Å². The molecule has 0 amide bonds. The van der Waals surface area contributed by atoms with Crippen molar-refractivity contribution in [2.24, 2.45) is 0 Å². The standard InChI is InChI=1S/C11H7Cl2F2N/c12-7-4-3-6(11(14)15)9(10(7)13)8-2-1-5-16-8/h1-5,11,16H. The van der Waals surface area contributed by atoms with E-state index in [-0.39, 0.29) is 21.2 Å². The maximum Gasteiger partial charge on any atom is 0.264 e. The van der Waals surface area contributed by atoms with Crippen molar-refractivity contribution in [1.82, 2.24) is 4.98 Å². The van der Waals surface area contributed by atoms with Crippen LogP contribution in [0.2, 0.25) is 10.0 Å². The van der Waals surface area contributed by atoms with Gasteiger partial charge in [0.25, 0.3) is 6.43 Å². The normalized spacial score (nSPS) is 11.1. The number of H-pyrrole nitrogens is 1. The first-order valence-corrected chi connectivity index (χ1v) is 5.26. The number of aromatic nitrogens is 1. The average molecular weight is 262 g/mol. The predicted octanol–water partition coefficient (Wildman–Crippen LogP) is 4.93. The zero-order valence-electron chi connectivity index (χ0n) is 7.98. The zero-order chi connectivity index (χ0) is 11.7. The number of benzene rings is 1. The lowest BCUT2D eigenvalue weighted by atomic mass is 10.0. The maximum absolute atomic E-state index is 12.8. The molecular weight excluding hydrogens is 255 g/mol. The van der Waals surface area contributed by atoms with Gasteiger partial charge < -0.3 is 4.98 Å². The number of hydrogen-bond donors (Lipinski definition) is 1. The Morgan fingerprint density at radius 1 is 1.12 bits per heavy atom. The summed E-state index contributed by atoms with van der Waals surface area (Å²) in [4.78, 5) is 2.84. The van der Waals surface area contributed by atoms with Gasteiger partial charge in [-0.25, -0.2) is 8.78 Å². The molecule has 84 valence electrons. The fourth-order valence-electron chi connectivity index (χ4n) is 1.51. The van der Waals surface area contributed by atoms with Crippen molar-refractivity contribution in [3.63, 3.8) is 0 Å². The van der Waals surface area contributed by atoms with Gasteiger partial charge in [-0.2, -0.15) is 0 Å². The molecule has 0 fully saturated rings. The van der Waals surface area contributed by atoms with Crippen molar-refractivity contribution in [1.29, 1.82) is 0 Å². The minimum atomic E-state index is -2.59. The molecule has 0 aliphatic heterocycles. The Balaban J connectivity index is 2.69. The van der Waals surface area contributed by atoms with E-state index in [4.69, 9.17) is 23.2 Å². The Labute approximate surface area is 101 Å². The summed E-state index contributed by atoms with van der Waals surface area (Å²) in [5.41, 5.74) is 0.661. The molecule has 0 unspecified atom stereocenters. The van der Waals surface area contributed by atoms with Gasteiger partial charge in [0, 0.05) is 23.0 Å². The van der Waals surface area contributed by atoms with Crippen LogP contribution >= 0.6 is 23.2 Å². The second-order valence-corrected chi connectivity index (χ2v) is 4.00. The Morgan fingerprint density at radius 3 is 2.44 bits per heavy atom. The van der Waals surface area contributed by atoms with Crippen LogP contribution in [0.15, 0.2) is 30.5 Å². The van der Waals surface area contributed by atoms with Gasteiger partial charge in [-0.15, -0.1) is 0 Å². The van der Waals surface area contributed by atoms with Crippen molar-refractivity contribution in [3.05, 3.63) is 46.1 Å². The lowest BCUT2D eigenvalue weighted by molar-refractivity contribution is 0.152. The third-order valence-electron chi connectivity index (χ3n) is 2.23. The number of halogens is 4. The summed E-state index contributed by atoms with van der Waals surface area (Å²) in [6, 6.07) is 6.04. The largest absolute Gasteiger partial charge is 0.361 e. The molecule has 1 aromatic carbocycles. The van der Waals surface area contributed by atoms with Crippen LogP contribution in [0.4, 0.5) is 8.78 Å². The van der Waals surface area contributed by atoms with Crippen molar-refractivity contribution in [3.8, 4) is 11.3 Å². The van der Waals surface area contributed by atoms with E-state index in [9.17, 15) is 8.78 Å². The molecule has 2 rings (SSSR count). The van der Waals surface area contributed by atoms with Crippen molar-refractivity contribution in [2.45, 2.75) is 6.43 Å². The molecule has 2 aromatic rings. The third-order valence-corrected chi connectivity index (χ3v) is 3.03. The van der Waals surface area contributed by atoms with E-state index in [2.05, 4.69) is 4.98 Å². The molecule has 0 aliphatic carbocycles.